The number of aryl methyl sites for hydroxylation is 2. The molecule has 0 radical (unpaired) electrons. The molecule has 0 spiro atoms. The van der Waals surface area contributed by atoms with E-state index in [0.29, 0.717) is 53.0 Å². The second-order valence-corrected chi connectivity index (χ2v) is 17.0. The van der Waals surface area contributed by atoms with Gasteiger partial charge in [0.25, 0.3) is 11.8 Å². The number of carbonyl (C=O) groups excluding carboxylic acids is 3. The van der Waals surface area contributed by atoms with Gasteiger partial charge < -0.3 is 30.9 Å². The van der Waals surface area contributed by atoms with E-state index in [1.165, 1.54) is 24.3 Å². The first-order valence-electron chi connectivity index (χ1n) is 20.8. The van der Waals surface area contributed by atoms with Crippen molar-refractivity contribution < 1.29 is 32.7 Å². The summed E-state index contributed by atoms with van der Waals surface area (Å²) in [6.45, 7) is 5.72. The second kappa shape index (κ2) is 20.8. The maximum absolute atomic E-state index is 13.9. The van der Waals surface area contributed by atoms with Crippen LogP contribution in [0.2, 0.25) is 0 Å². The lowest BCUT2D eigenvalue weighted by Crippen LogP contribution is -2.42. The summed E-state index contributed by atoms with van der Waals surface area (Å²) in [6.07, 6.45) is 4.26. The highest BCUT2D eigenvalue weighted by Crippen LogP contribution is 2.28. The van der Waals surface area contributed by atoms with Gasteiger partial charge in [-0.2, -0.15) is 0 Å². The number of aromatic amines is 1. The maximum atomic E-state index is 13.9. The summed E-state index contributed by atoms with van der Waals surface area (Å²) >= 11 is 0. The highest BCUT2D eigenvalue weighted by molar-refractivity contribution is 7.89. The SMILES string of the molecule is CCC(CC)N(CCN(C)C(=O)Nc1ccc(S(N)(=O)=O)cc1)Cc1cccc(C(=O)Nc2[nH]c3ccccc3c2C(=O)Nc2ccc(CCCc3ccc(C(=O)O)cc3)cc2)c1. The summed E-state index contributed by atoms with van der Waals surface area (Å²) in [6, 6.07) is 34.8. The molecular formula is C48H53N7O7S. The lowest BCUT2D eigenvalue weighted by atomic mass is 10.0. The summed E-state index contributed by atoms with van der Waals surface area (Å²) in [4.78, 5) is 59.0. The first-order valence-corrected chi connectivity index (χ1v) is 22.4. The average Bonchev–Trinajstić information content (AvgIpc) is 3.64. The van der Waals surface area contributed by atoms with Crippen molar-refractivity contribution in [3.63, 3.8) is 0 Å². The fourth-order valence-corrected chi connectivity index (χ4v) is 8.00. The monoisotopic (exact) mass is 871 g/mol. The number of likely N-dealkylation sites (N-methyl/N-ethyl adjacent to an activating group) is 1. The Balaban J connectivity index is 1.08. The molecule has 0 atom stereocenters. The van der Waals surface area contributed by atoms with Crippen molar-refractivity contribution in [2.24, 2.45) is 5.14 Å². The third-order valence-corrected chi connectivity index (χ3v) is 12.0. The Morgan fingerprint density at radius 1 is 0.698 bits per heavy atom. The number of nitrogens with zero attached hydrogens (tertiary/aromatic N) is 2. The number of hydrogen-bond acceptors (Lipinski definition) is 7. The van der Waals surface area contributed by atoms with Crippen molar-refractivity contribution >= 4 is 61.9 Å². The number of H-pyrrole nitrogens is 1. The lowest BCUT2D eigenvalue weighted by molar-refractivity contribution is 0.0696. The number of amides is 4. The standard InChI is InChI=1S/C48H53N7O7S/c1-4-39(5-2)55(29-28-54(3)48(60)51-38-24-26-40(27-25-38)63(49,61)62)31-34-12-9-13-36(30-34)45(56)53-44-43(41-14-6-7-15-42(41)52-44)46(57)50-37-22-18-33(19-23-37)11-8-10-32-16-20-35(21-17-32)47(58)59/h6-7,9,12-27,30,39,52H,4-5,8,10-11,28-29,31H2,1-3H3,(H,50,57)(H,51,60)(H,53,56)(H,58,59)(H2,49,61,62). The van der Waals surface area contributed by atoms with Gasteiger partial charge in [0.1, 0.15) is 5.82 Å². The van der Waals surface area contributed by atoms with Crippen LogP contribution >= 0.6 is 0 Å². The maximum Gasteiger partial charge on any atom is 0.335 e. The molecule has 0 aliphatic heterocycles. The van der Waals surface area contributed by atoms with Crippen LogP contribution < -0.4 is 21.1 Å². The van der Waals surface area contributed by atoms with E-state index in [0.717, 1.165) is 48.8 Å². The molecule has 1 heterocycles. The Kier molecular flexibility index (Phi) is 15.1. The second-order valence-electron chi connectivity index (χ2n) is 15.4. The summed E-state index contributed by atoms with van der Waals surface area (Å²) < 4.78 is 23.2. The van der Waals surface area contributed by atoms with Gasteiger partial charge in [0.2, 0.25) is 10.0 Å². The summed E-state index contributed by atoms with van der Waals surface area (Å²) in [5, 5.41) is 23.7. The van der Waals surface area contributed by atoms with Gasteiger partial charge in [-0.15, -0.1) is 0 Å². The van der Waals surface area contributed by atoms with Crippen molar-refractivity contribution in [1.29, 1.82) is 0 Å². The number of aromatic nitrogens is 1. The quantitative estimate of drug-likeness (QED) is 0.0465. The minimum absolute atomic E-state index is 0.0461. The fraction of sp³-hybridized carbons (Fsp3) is 0.250. The number of sulfonamides is 1. The zero-order valence-electron chi connectivity index (χ0n) is 35.6. The molecule has 0 saturated heterocycles. The van der Waals surface area contributed by atoms with Gasteiger partial charge in [-0.05, 0) is 116 Å². The number of rotatable bonds is 19. The van der Waals surface area contributed by atoms with E-state index in [4.69, 9.17) is 10.2 Å². The van der Waals surface area contributed by atoms with Gasteiger partial charge >= 0.3 is 12.0 Å². The fourth-order valence-electron chi connectivity index (χ4n) is 7.48. The smallest absolute Gasteiger partial charge is 0.335 e. The number of aromatic carboxylic acids is 1. The van der Waals surface area contributed by atoms with E-state index in [9.17, 15) is 27.6 Å². The third kappa shape index (κ3) is 12.2. The number of hydrogen-bond donors (Lipinski definition) is 6. The van der Waals surface area contributed by atoms with E-state index < -0.39 is 16.0 Å². The number of benzene rings is 5. The van der Waals surface area contributed by atoms with Crippen LogP contribution in [0.3, 0.4) is 0 Å². The van der Waals surface area contributed by atoms with Crippen LogP contribution in [0.1, 0.15) is 80.9 Å². The number of urea groups is 1. The van der Waals surface area contributed by atoms with Crippen molar-refractivity contribution in [1.82, 2.24) is 14.8 Å². The van der Waals surface area contributed by atoms with Crippen LogP contribution in [0.5, 0.6) is 0 Å². The normalized spacial score (nSPS) is 11.5. The Hall–Kier alpha value is -6.81. The van der Waals surface area contributed by atoms with Crippen LogP contribution in [-0.4, -0.2) is 78.3 Å². The molecule has 7 N–H and O–H groups in total. The molecule has 63 heavy (non-hydrogen) atoms. The predicted molar refractivity (Wildman–Crippen MR) is 247 cm³/mol. The molecule has 1 aromatic heterocycles. The summed E-state index contributed by atoms with van der Waals surface area (Å²) in [5.74, 6) is -1.44. The lowest BCUT2D eigenvalue weighted by Gasteiger charge is -2.32. The summed E-state index contributed by atoms with van der Waals surface area (Å²) in [7, 11) is -2.16. The largest absolute Gasteiger partial charge is 0.478 e. The molecule has 0 aliphatic carbocycles. The molecule has 0 fully saturated rings. The zero-order chi connectivity index (χ0) is 45.1. The Morgan fingerprint density at radius 2 is 1.32 bits per heavy atom. The van der Waals surface area contributed by atoms with Crippen molar-refractivity contribution in [2.75, 3.05) is 36.1 Å². The Bertz CT molecular complexity index is 2660. The number of anilines is 3. The molecule has 0 bridgehead atoms. The van der Waals surface area contributed by atoms with E-state index in [1.54, 1.807) is 30.1 Å². The minimum atomic E-state index is -3.85. The van der Waals surface area contributed by atoms with Gasteiger partial charge in [0, 0.05) is 60.6 Å². The number of nitrogens with one attached hydrogen (secondary N) is 4. The molecule has 6 rings (SSSR count). The first kappa shape index (κ1) is 45.7. The van der Waals surface area contributed by atoms with Gasteiger partial charge in [-0.1, -0.05) is 68.4 Å². The van der Waals surface area contributed by atoms with Gasteiger partial charge in [0.15, 0.2) is 0 Å². The molecule has 6 aromatic rings. The number of carboxylic acids is 1. The van der Waals surface area contributed by atoms with Crippen molar-refractivity contribution in [3.8, 4) is 0 Å². The first-order chi connectivity index (χ1) is 30.2. The Labute approximate surface area is 367 Å². The minimum Gasteiger partial charge on any atom is -0.478 e. The van der Waals surface area contributed by atoms with Crippen molar-refractivity contribution in [2.45, 2.75) is 63.4 Å². The van der Waals surface area contributed by atoms with E-state index >= 15 is 0 Å². The van der Waals surface area contributed by atoms with Gasteiger partial charge in [-0.25, -0.2) is 23.1 Å². The zero-order valence-corrected chi connectivity index (χ0v) is 36.4. The van der Waals surface area contributed by atoms with E-state index in [2.05, 4.69) is 39.7 Å². The van der Waals surface area contributed by atoms with Crippen LogP contribution in [0.15, 0.2) is 126 Å². The topological polar surface area (TPSA) is 207 Å². The number of fused-ring (bicyclic) bond motifs is 1. The van der Waals surface area contributed by atoms with E-state index in [-0.39, 0.29) is 40.2 Å². The Morgan fingerprint density at radius 3 is 1.95 bits per heavy atom. The van der Waals surface area contributed by atoms with Crippen LogP contribution in [-0.2, 0) is 29.4 Å². The summed E-state index contributed by atoms with van der Waals surface area (Å²) in [5.41, 5.74) is 5.80. The molecule has 0 unspecified atom stereocenters. The molecule has 0 saturated carbocycles. The number of primary sulfonamides is 1. The number of carbonyl (C=O) groups is 4. The number of nitrogens with two attached hydrogens (primary N) is 1. The average molecular weight is 872 g/mol. The van der Waals surface area contributed by atoms with E-state index in [1.807, 2.05) is 78.9 Å². The molecule has 15 heteroatoms. The van der Waals surface area contributed by atoms with Crippen LogP contribution in [0.25, 0.3) is 10.9 Å². The van der Waals surface area contributed by atoms with Crippen LogP contribution in [0, 0.1) is 0 Å². The highest BCUT2D eigenvalue weighted by Gasteiger charge is 2.23. The molecule has 0 aliphatic rings. The highest BCUT2D eigenvalue weighted by atomic mass is 32.2. The van der Waals surface area contributed by atoms with Crippen molar-refractivity contribution in [3.05, 3.63) is 155 Å². The molecular weight excluding hydrogens is 819 g/mol. The molecule has 4 amide bonds. The molecule has 328 valence electrons. The number of para-hydroxylation sites is 1. The molecule has 5 aromatic carbocycles. The van der Waals surface area contributed by atoms with Crippen LogP contribution in [0.4, 0.5) is 22.0 Å². The molecule has 14 nitrogen and oxygen atoms in total. The third-order valence-electron chi connectivity index (χ3n) is 11.1. The predicted octanol–water partition coefficient (Wildman–Crippen LogP) is 8.35. The van der Waals surface area contributed by atoms with Gasteiger partial charge in [0.05, 0.1) is 16.0 Å². The van der Waals surface area contributed by atoms with Gasteiger partial charge in [-0.3, -0.25) is 14.5 Å². The number of carboxylic acid groups (broad SMARTS) is 1.